The van der Waals surface area contributed by atoms with Crippen LogP contribution in [0.2, 0.25) is 5.02 Å². The molecule has 4 aromatic rings. The van der Waals surface area contributed by atoms with Crippen LogP contribution in [0.3, 0.4) is 0 Å². The number of rotatable bonds is 10. The van der Waals surface area contributed by atoms with Crippen LogP contribution in [0.1, 0.15) is 29.5 Å². The molecule has 4 aromatic carbocycles. The maximum Gasteiger partial charge on any atom is 0.349 e. The normalized spacial score (nSPS) is 13.8. The van der Waals surface area contributed by atoms with E-state index in [-0.39, 0.29) is 36.2 Å². The molecule has 0 fully saturated rings. The van der Waals surface area contributed by atoms with Gasteiger partial charge in [-0.15, -0.1) is 0 Å². The Labute approximate surface area is 252 Å². The Bertz CT molecular complexity index is 1720. The zero-order chi connectivity index (χ0) is 30.3. The zero-order valence-corrected chi connectivity index (χ0v) is 23.8. The summed E-state index contributed by atoms with van der Waals surface area (Å²) in [4.78, 5) is 12.4. The van der Waals surface area contributed by atoms with Gasteiger partial charge in [0.15, 0.2) is 18.1 Å². The number of carbonyl (C=O) groups is 1. The maximum absolute atomic E-state index is 13.3. The standard InChI is InChI=1S/C33H26ClFN2O6/c1-2-39-30-14-21(8-13-28(30)41-18-20-6-9-23(35)10-7-20)32-26-12-11-25(16-29(26)43-33(37)27(32)17-36)42-31(38)19-40-24-5-3-4-22(34)15-24/h3-16,32H,2,18-19,37H2,1H3. The molecule has 1 atom stereocenters. The fourth-order valence-electron chi connectivity index (χ4n) is 4.54. The lowest BCUT2D eigenvalue weighted by Crippen LogP contribution is -2.22. The number of ether oxygens (including phenoxy) is 5. The van der Waals surface area contributed by atoms with E-state index in [1.54, 1.807) is 60.7 Å². The summed E-state index contributed by atoms with van der Waals surface area (Å²) in [5.41, 5.74) is 8.53. The Morgan fingerprint density at radius 2 is 1.79 bits per heavy atom. The summed E-state index contributed by atoms with van der Waals surface area (Å²) >= 11 is 5.95. The molecule has 1 aliphatic heterocycles. The minimum absolute atomic E-state index is 0.0673. The molecule has 1 aliphatic rings. The molecule has 0 bridgehead atoms. The largest absolute Gasteiger partial charge is 0.490 e. The Morgan fingerprint density at radius 3 is 2.53 bits per heavy atom. The molecule has 8 nitrogen and oxygen atoms in total. The molecule has 0 saturated carbocycles. The van der Waals surface area contributed by atoms with Gasteiger partial charge in [0.2, 0.25) is 5.88 Å². The molecule has 0 aliphatic carbocycles. The highest BCUT2D eigenvalue weighted by Crippen LogP contribution is 2.45. The van der Waals surface area contributed by atoms with Gasteiger partial charge in [-0.05, 0) is 66.6 Å². The molecule has 0 amide bonds. The van der Waals surface area contributed by atoms with Crippen molar-refractivity contribution in [1.29, 1.82) is 5.26 Å². The molecule has 0 saturated heterocycles. The monoisotopic (exact) mass is 600 g/mol. The van der Waals surface area contributed by atoms with Crippen molar-refractivity contribution in [3.63, 3.8) is 0 Å². The molecule has 0 radical (unpaired) electrons. The van der Waals surface area contributed by atoms with Gasteiger partial charge in [-0.3, -0.25) is 0 Å². The van der Waals surface area contributed by atoms with Crippen LogP contribution >= 0.6 is 11.6 Å². The zero-order valence-electron chi connectivity index (χ0n) is 23.0. The van der Waals surface area contributed by atoms with Gasteiger partial charge in [0.05, 0.1) is 12.5 Å². The second-order valence-corrected chi connectivity index (χ2v) is 9.84. The number of nitrogens with two attached hydrogens (primary N) is 1. The molecule has 5 rings (SSSR count). The summed E-state index contributed by atoms with van der Waals surface area (Å²) in [7, 11) is 0. The van der Waals surface area contributed by atoms with Gasteiger partial charge in [-0.1, -0.05) is 41.9 Å². The van der Waals surface area contributed by atoms with Crippen molar-refractivity contribution < 1.29 is 32.9 Å². The first kappa shape index (κ1) is 29.3. The number of carbonyl (C=O) groups excluding carboxylic acids is 1. The van der Waals surface area contributed by atoms with Crippen molar-refractivity contribution in [2.45, 2.75) is 19.4 Å². The van der Waals surface area contributed by atoms with E-state index >= 15 is 0 Å². The first-order chi connectivity index (χ1) is 20.8. The second-order valence-electron chi connectivity index (χ2n) is 9.40. The average Bonchev–Trinajstić information content (AvgIpc) is 2.99. The lowest BCUT2D eigenvalue weighted by Gasteiger charge is -2.27. The van der Waals surface area contributed by atoms with E-state index in [0.29, 0.717) is 45.8 Å². The Balaban J connectivity index is 1.37. The van der Waals surface area contributed by atoms with Crippen LogP contribution in [-0.4, -0.2) is 19.2 Å². The van der Waals surface area contributed by atoms with E-state index in [1.807, 2.05) is 13.0 Å². The molecular formula is C33H26ClFN2O6. The molecule has 2 N–H and O–H groups in total. The number of esters is 1. The van der Waals surface area contributed by atoms with Crippen molar-refractivity contribution in [3.8, 4) is 34.8 Å². The first-order valence-corrected chi connectivity index (χ1v) is 13.7. The smallest absolute Gasteiger partial charge is 0.349 e. The number of halogens is 2. The van der Waals surface area contributed by atoms with Gasteiger partial charge in [0.25, 0.3) is 0 Å². The van der Waals surface area contributed by atoms with Crippen LogP contribution in [0.15, 0.2) is 96.4 Å². The van der Waals surface area contributed by atoms with Gasteiger partial charge in [-0.25, -0.2) is 9.18 Å². The lowest BCUT2D eigenvalue weighted by molar-refractivity contribution is -0.136. The van der Waals surface area contributed by atoms with Crippen LogP contribution in [0.4, 0.5) is 4.39 Å². The van der Waals surface area contributed by atoms with Crippen LogP contribution in [-0.2, 0) is 11.4 Å². The quantitative estimate of drug-likeness (QED) is 0.159. The minimum atomic E-state index is -0.633. The highest BCUT2D eigenvalue weighted by atomic mass is 35.5. The van der Waals surface area contributed by atoms with Crippen LogP contribution in [0.25, 0.3) is 0 Å². The Hall–Kier alpha value is -5.20. The van der Waals surface area contributed by atoms with E-state index in [0.717, 1.165) is 5.56 Å². The number of hydrogen-bond acceptors (Lipinski definition) is 8. The number of benzene rings is 4. The molecule has 0 spiro atoms. The summed E-state index contributed by atoms with van der Waals surface area (Å²) < 4.78 is 41.8. The van der Waals surface area contributed by atoms with Crippen LogP contribution < -0.4 is 29.4 Å². The average molecular weight is 601 g/mol. The van der Waals surface area contributed by atoms with Gasteiger partial charge < -0.3 is 29.4 Å². The molecule has 43 heavy (non-hydrogen) atoms. The number of nitrogens with zero attached hydrogens (tertiary/aromatic N) is 1. The molecule has 0 aromatic heterocycles. The summed E-state index contributed by atoms with van der Waals surface area (Å²) in [6.45, 7) is 2.10. The van der Waals surface area contributed by atoms with Crippen molar-refractivity contribution in [2.75, 3.05) is 13.2 Å². The summed E-state index contributed by atoms with van der Waals surface area (Å²) in [6, 6.07) is 25.1. The molecule has 218 valence electrons. The van der Waals surface area contributed by atoms with E-state index in [4.69, 9.17) is 41.0 Å². The van der Waals surface area contributed by atoms with Crippen molar-refractivity contribution >= 4 is 17.6 Å². The van der Waals surface area contributed by atoms with Crippen LogP contribution in [0.5, 0.6) is 28.7 Å². The van der Waals surface area contributed by atoms with Crippen molar-refractivity contribution in [2.24, 2.45) is 5.73 Å². The third-order valence-electron chi connectivity index (χ3n) is 6.48. The fourth-order valence-corrected chi connectivity index (χ4v) is 4.72. The van der Waals surface area contributed by atoms with Gasteiger partial charge in [0, 0.05) is 16.7 Å². The van der Waals surface area contributed by atoms with Crippen LogP contribution in [0, 0.1) is 17.1 Å². The van der Waals surface area contributed by atoms with Crippen molar-refractivity contribution in [1.82, 2.24) is 0 Å². The number of nitriles is 1. The third kappa shape index (κ3) is 7.00. The molecule has 10 heteroatoms. The highest BCUT2D eigenvalue weighted by Gasteiger charge is 2.32. The topological polar surface area (TPSA) is 113 Å². The predicted molar refractivity (Wildman–Crippen MR) is 157 cm³/mol. The Morgan fingerprint density at radius 1 is 0.977 bits per heavy atom. The summed E-state index contributed by atoms with van der Waals surface area (Å²) in [5, 5.41) is 10.5. The molecule has 1 heterocycles. The highest BCUT2D eigenvalue weighted by molar-refractivity contribution is 6.30. The molecular weight excluding hydrogens is 575 g/mol. The van der Waals surface area contributed by atoms with Gasteiger partial charge in [-0.2, -0.15) is 5.26 Å². The fraction of sp³-hybridized carbons (Fsp3) is 0.152. The van der Waals surface area contributed by atoms with Crippen molar-refractivity contribution in [3.05, 3.63) is 124 Å². The first-order valence-electron chi connectivity index (χ1n) is 13.3. The van der Waals surface area contributed by atoms with E-state index in [2.05, 4.69) is 6.07 Å². The van der Waals surface area contributed by atoms with E-state index < -0.39 is 11.9 Å². The SMILES string of the molecule is CCOc1cc(C2C(C#N)=C(N)Oc3cc(OC(=O)COc4cccc(Cl)c4)ccc32)ccc1OCc1ccc(F)cc1. The number of hydrogen-bond donors (Lipinski definition) is 1. The van der Waals surface area contributed by atoms with Gasteiger partial charge in [0.1, 0.15) is 41.3 Å². The summed E-state index contributed by atoms with van der Waals surface area (Å²) in [5.74, 6) is 0.316. The third-order valence-corrected chi connectivity index (χ3v) is 6.72. The minimum Gasteiger partial charge on any atom is -0.490 e. The number of allylic oxidation sites excluding steroid dienone is 1. The number of fused-ring (bicyclic) bond motifs is 1. The summed E-state index contributed by atoms with van der Waals surface area (Å²) in [6.07, 6.45) is 0. The Kier molecular flexibility index (Phi) is 8.99. The second kappa shape index (κ2) is 13.2. The van der Waals surface area contributed by atoms with Gasteiger partial charge >= 0.3 is 5.97 Å². The maximum atomic E-state index is 13.3. The lowest BCUT2D eigenvalue weighted by atomic mass is 9.83. The van der Waals surface area contributed by atoms with E-state index in [1.165, 1.54) is 18.2 Å². The predicted octanol–water partition coefficient (Wildman–Crippen LogP) is 6.66. The van der Waals surface area contributed by atoms with E-state index in [9.17, 15) is 14.4 Å². The molecule has 1 unspecified atom stereocenters.